The normalized spacial score (nSPS) is 11.5. The van der Waals surface area contributed by atoms with Gasteiger partial charge in [0, 0.05) is 16.0 Å². The molecule has 5 aromatic rings. The molecule has 0 aliphatic carbocycles. The van der Waals surface area contributed by atoms with Crippen LogP contribution in [0.3, 0.4) is 0 Å². The van der Waals surface area contributed by atoms with Crippen LogP contribution in [0.4, 0.5) is 0 Å². The van der Waals surface area contributed by atoms with Crippen LogP contribution in [0, 0.1) is 0 Å². The van der Waals surface area contributed by atoms with Gasteiger partial charge in [0.2, 0.25) is 0 Å². The minimum atomic E-state index is -0.434. The molecule has 0 atom stereocenters. The number of nitrogens with one attached hydrogen (secondary N) is 1. The number of carbonyl (C=O) groups is 1. The van der Waals surface area contributed by atoms with Crippen molar-refractivity contribution in [2.45, 2.75) is 0 Å². The van der Waals surface area contributed by atoms with E-state index in [1.807, 2.05) is 54.6 Å². The SMILES string of the molecule is O=C(N/N=C/c1ccc(-c2ccc(Cl)cc2)o1)c1cc2c(ccc3ccccc32)o1. The van der Waals surface area contributed by atoms with Crippen LogP contribution in [0.2, 0.25) is 5.02 Å². The fourth-order valence-electron chi connectivity index (χ4n) is 3.31. The minimum absolute atomic E-state index is 0.194. The highest BCUT2D eigenvalue weighted by Gasteiger charge is 2.13. The third-order valence-corrected chi connectivity index (χ3v) is 5.02. The zero-order valence-corrected chi connectivity index (χ0v) is 16.4. The number of fused-ring (bicyclic) bond motifs is 3. The molecule has 146 valence electrons. The Labute approximate surface area is 176 Å². The molecular formula is C24H15ClN2O3. The summed E-state index contributed by atoms with van der Waals surface area (Å²) in [5, 5.41) is 7.64. The van der Waals surface area contributed by atoms with Gasteiger partial charge in [-0.25, -0.2) is 5.43 Å². The van der Waals surface area contributed by atoms with E-state index in [0.717, 1.165) is 21.7 Å². The van der Waals surface area contributed by atoms with Crippen molar-refractivity contribution in [1.29, 1.82) is 0 Å². The summed E-state index contributed by atoms with van der Waals surface area (Å²) in [5.74, 6) is 0.954. The molecule has 0 aliphatic heterocycles. The summed E-state index contributed by atoms with van der Waals surface area (Å²) in [6.45, 7) is 0. The number of nitrogens with zero attached hydrogens (tertiary/aromatic N) is 1. The Balaban J connectivity index is 1.32. The van der Waals surface area contributed by atoms with E-state index in [9.17, 15) is 4.79 Å². The molecular weight excluding hydrogens is 400 g/mol. The molecule has 0 saturated heterocycles. The predicted octanol–water partition coefficient (Wildman–Crippen LogP) is 6.26. The zero-order chi connectivity index (χ0) is 20.5. The van der Waals surface area contributed by atoms with Gasteiger partial charge in [-0.2, -0.15) is 5.10 Å². The van der Waals surface area contributed by atoms with Crippen LogP contribution in [0.25, 0.3) is 33.1 Å². The van der Waals surface area contributed by atoms with Gasteiger partial charge in [0.1, 0.15) is 17.1 Å². The topological polar surface area (TPSA) is 67.7 Å². The van der Waals surface area contributed by atoms with E-state index in [1.54, 1.807) is 24.3 Å². The number of hydrogen-bond donors (Lipinski definition) is 1. The smallest absolute Gasteiger partial charge is 0.307 e. The lowest BCUT2D eigenvalue weighted by Crippen LogP contribution is -2.16. The van der Waals surface area contributed by atoms with Crippen LogP contribution in [0.1, 0.15) is 16.3 Å². The zero-order valence-electron chi connectivity index (χ0n) is 15.6. The number of amides is 1. The Morgan fingerprint density at radius 2 is 1.73 bits per heavy atom. The van der Waals surface area contributed by atoms with Crippen molar-refractivity contribution in [1.82, 2.24) is 5.43 Å². The molecule has 5 nitrogen and oxygen atoms in total. The molecule has 2 heterocycles. The summed E-state index contributed by atoms with van der Waals surface area (Å²) in [4.78, 5) is 12.4. The molecule has 2 aromatic heterocycles. The first-order chi connectivity index (χ1) is 14.7. The van der Waals surface area contributed by atoms with Crippen LogP contribution in [-0.4, -0.2) is 12.1 Å². The third-order valence-electron chi connectivity index (χ3n) is 4.76. The Morgan fingerprint density at radius 3 is 2.60 bits per heavy atom. The third kappa shape index (κ3) is 3.47. The highest BCUT2D eigenvalue weighted by atomic mass is 35.5. The average Bonchev–Trinajstić information content (AvgIpc) is 3.41. The first-order valence-electron chi connectivity index (χ1n) is 9.28. The molecule has 0 spiro atoms. The number of carbonyl (C=O) groups excluding carboxylic acids is 1. The Morgan fingerprint density at radius 1 is 0.900 bits per heavy atom. The molecule has 0 fully saturated rings. The number of hydrogen-bond acceptors (Lipinski definition) is 4. The minimum Gasteiger partial charge on any atom is -0.455 e. The van der Waals surface area contributed by atoms with Gasteiger partial charge in [0.25, 0.3) is 0 Å². The van der Waals surface area contributed by atoms with Crippen LogP contribution >= 0.6 is 11.6 Å². The van der Waals surface area contributed by atoms with Crippen molar-refractivity contribution in [2.75, 3.05) is 0 Å². The molecule has 5 rings (SSSR count). The number of rotatable bonds is 4. The average molecular weight is 415 g/mol. The van der Waals surface area contributed by atoms with Gasteiger partial charge in [0.05, 0.1) is 6.21 Å². The van der Waals surface area contributed by atoms with E-state index in [1.165, 1.54) is 6.21 Å². The molecule has 1 amide bonds. The second kappa shape index (κ2) is 7.54. The monoisotopic (exact) mass is 414 g/mol. The Hall–Kier alpha value is -3.83. The summed E-state index contributed by atoms with van der Waals surface area (Å²) in [6.07, 6.45) is 1.44. The van der Waals surface area contributed by atoms with E-state index >= 15 is 0 Å². The van der Waals surface area contributed by atoms with Gasteiger partial charge in [-0.1, -0.05) is 41.9 Å². The molecule has 0 bridgehead atoms. The molecule has 6 heteroatoms. The van der Waals surface area contributed by atoms with Crippen LogP contribution < -0.4 is 5.43 Å². The van der Waals surface area contributed by atoms with Gasteiger partial charge in [-0.3, -0.25) is 4.79 Å². The quantitative estimate of drug-likeness (QED) is 0.278. The molecule has 0 saturated carbocycles. The maximum atomic E-state index is 12.4. The first kappa shape index (κ1) is 18.2. The van der Waals surface area contributed by atoms with E-state index in [4.69, 9.17) is 20.4 Å². The molecule has 30 heavy (non-hydrogen) atoms. The van der Waals surface area contributed by atoms with Crippen molar-refractivity contribution in [3.8, 4) is 11.3 Å². The van der Waals surface area contributed by atoms with Gasteiger partial charge >= 0.3 is 5.91 Å². The summed E-state index contributed by atoms with van der Waals surface area (Å²) in [7, 11) is 0. The number of halogens is 1. The summed E-state index contributed by atoms with van der Waals surface area (Å²) < 4.78 is 11.4. The molecule has 3 aromatic carbocycles. The van der Waals surface area contributed by atoms with Crippen molar-refractivity contribution < 1.29 is 13.6 Å². The summed E-state index contributed by atoms with van der Waals surface area (Å²) in [6, 6.07) is 24.4. The maximum absolute atomic E-state index is 12.4. The van der Waals surface area contributed by atoms with Crippen molar-refractivity contribution >= 4 is 45.5 Å². The first-order valence-corrected chi connectivity index (χ1v) is 9.66. The highest BCUT2D eigenvalue weighted by molar-refractivity contribution is 6.30. The van der Waals surface area contributed by atoms with Gasteiger partial charge < -0.3 is 8.83 Å². The lowest BCUT2D eigenvalue weighted by molar-refractivity contribution is 0.0929. The standard InChI is InChI=1S/C24H15ClN2O3/c25-17-8-5-16(6-9-17)21-12-10-18(29-21)14-26-27-24(28)23-13-20-19-4-2-1-3-15(19)7-11-22(20)30-23/h1-14H,(H,27,28)/b26-14+. The van der Waals surface area contributed by atoms with Crippen molar-refractivity contribution in [2.24, 2.45) is 5.10 Å². The lowest BCUT2D eigenvalue weighted by atomic mass is 10.1. The van der Waals surface area contributed by atoms with Gasteiger partial charge in [-0.05, 0) is 59.3 Å². The number of hydrazone groups is 1. The second-order valence-corrected chi connectivity index (χ2v) is 7.15. The number of furan rings is 2. The van der Waals surface area contributed by atoms with Crippen LogP contribution in [0.5, 0.6) is 0 Å². The summed E-state index contributed by atoms with van der Waals surface area (Å²) in [5.41, 5.74) is 4.03. The van der Waals surface area contributed by atoms with Crippen LogP contribution in [0.15, 0.2) is 92.8 Å². The largest absolute Gasteiger partial charge is 0.455 e. The predicted molar refractivity (Wildman–Crippen MR) is 118 cm³/mol. The highest BCUT2D eigenvalue weighted by Crippen LogP contribution is 2.28. The van der Waals surface area contributed by atoms with E-state index < -0.39 is 5.91 Å². The molecule has 0 radical (unpaired) electrons. The Bertz CT molecular complexity index is 1400. The molecule has 0 unspecified atom stereocenters. The maximum Gasteiger partial charge on any atom is 0.307 e. The fraction of sp³-hybridized carbons (Fsp3) is 0. The summed E-state index contributed by atoms with van der Waals surface area (Å²) >= 11 is 5.91. The van der Waals surface area contributed by atoms with Gasteiger partial charge in [-0.15, -0.1) is 0 Å². The van der Waals surface area contributed by atoms with E-state index in [2.05, 4.69) is 10.5 Å². The molecule has 1 N–H and O–H groups in total. The van der Waals surface area contributed by atoms with Crippen molar-refractivity contribution in [3.05, 3.63) is 95.4 Å². The second-order valence-electron chi connectivity index (χ2n) is 6.72. The Kier molecular flexibility index (Phi) is 4.58. The van der Waals surface area contributed by atoms with Gasteiger partial charge in [0.15, 0.2) is 5.76 Å². The molecule has 0 aliphatic rings. The van der Waals surface area contributed by atoms with E-state index in [0.29, 0.717) is 22.1 Å². The van der Waals surface area contributed by atoms with Crippen LogP contribution in [-0.2, 0) is 0 Å². The lowest BCUT2D eigenvalue weighted by Gasteiger charge is -1.96. The number of benzene rings is 3. The van der Waals surface area contributed by atoms with E-state index in [-0.39, 0.29) is 5.76 Å². The van der Waals surface area contributed by atoms with Crippen molar-refractivity contribution in [3.63, 3.8) is 0 Å². The fourth-order valence-corrected chi connectivity index (χ4v) is 3.43.